The first kappa shape index (κ1) is 21.6. The third-order valence-corrected chi connectivity index (χ3v) is 6.33. The van der Waals surface area contributed by atoms with Gasteiger partial charge in [-0.3, -0.25) is 19.3 Å². The number of esters is 1. The van der Waals surface area contributed by atoms with Gasteiger partial charge in [0.25, 0.3) is 11.8 Å². The van der Waals surface area contributed by atoms with E-state index in [1.54, 1.807) is 0 Å². The lowest BCUT2D eigenvalue weighted by Gasteiger charge is -2.50. The van der Waals surface area contributed by atoms with Crippen molar-refractivity contribution in [1.82, 2.24) is 15.2 Å². The number of anilines is 1. The number of fused-ring (bicyclic) bond motifs is 1. The number of carboxylic acid groups (broad SMARTS) is 1. The molecular formula is C16H17N5O7S2. The van der Waals surface area contributed by atoms with Crippen molar-refractivity contribution in [2.24, 2.45) is 5.16 Å². The number of carboxylic acids is 1. The standard InChI is InChI=1S/C16H17N5O7S2/c1-5-10(14(25)26)21-12(24)9(13(21)30-15(5)28-6(2)22)19-11(23)8(20-27-3)7-4-29-16(17)18-7/h4,9,13,15H,1-3H3,(H2,17,18)(H,19,23)(H,25,26)/t9?,13-,15?/m1/s1. The molecule has 2 aliphatic heterocycles. The van der Waals surface area contributed by atoms with E-state index in [-0.39, 0.29) is 27.8 Å². The first-order valence-electron chi connectivity index (χ1n) is 8.38. The number of β-lactam (4-membered cyclic amide) rings is 1. The Balaban J connectivity index is 1.84. The number of amides is 2. The van der Waals surface area contributed by atoms with Crippen molar-refractivity contribution in [2.75, 3.05) is 12.8 Å². The number of hydrogen-bond donors (Lipinski definition) is 3. The number of thiazole rings is 1. The van der Waals surface area contributed by atoms with E-state index in [4.69, 9.17) is 10.5 Å². The van der Waals surface area contributed by atoms with Crippen LogP contribution in [0.2, 0.25) is 0 Å². The van der Waals surface area contributed by atoms with Crippen molar-refractivity contribution in [1.29, 1.82) is 0 Å². The molecule has 3 atom stereocenters. The lowest BCUT2D eigenvalue weighted by Crippen LogP contribution is -2.71. The minimum atomic E-state index is -1.34. The van der Waals surface area contributed by atoms with E-state index in [1.807, 2.05) is 0 Å². The minimum absolute atomic E-state index is 0.163. The predicted octanol–water partition coefficient (Wildman–Crippen LogP) is -0.276. The van der Waals surface area contributed by atoms with E-state index in [0.717, 1.165) is 28.0 Å². The number of thioether (sulfide) groups is 1. The molecule has 12 nitrogen and oxygen atoms in total. The summed E-state index contributed by atoms with van der Waals surface area (Å²) in [5.74, 6) is -3.32. The Hall–Kier alpha value is -3.13. The van der Waals surface area contributed by atoms with Crippen LogP contribution in [0.3, 0.4) is 0 Å². The third kappa shape index (κ3) is 3.82. The molecule has 30 heavy (non-hydrogen) atoms. The van der Waals surface area contributed by atoms with Crippen molar-refractivity contribution in [3.05, 3.63) is 22.3 Å². The number of nitrogen functional groups attached to an aromatic ring is 1. The van der Waals surface area contributed by atoms with Gasteiger partial charge in [-0.2, -0.15) is 0 Å². The monoisotopic (exact) mass is 455 g/mol. The zero-order valence-electron chi connectivity index (χ0n) is 15.9. The number of aromatic nitrogens is 1. The van der Waals surface area contributed by atoms with Crippen molar-refractivity contribution < 1.29 is 33.9 Å². The molecule has 14 heteroatoms. The Morgan fingerprint density at radius 1 is 1.40 bits per heavy atom. The Morgan fingerprint density at radius 3 is 2.63 bits per heavy atom. The van der Waals surface area contributed by atoms with E-state index in [0.29, 0.717) is 0 Å². The second kappa shape index (κ2) is 8.31. The first-order valence-corrected chi connectivity index (χ1v) is 10.2. The summed E-state index contributed by atoms with van der Waals surface area (Å²) in [5.41, 5.74) is 4.58. The van der Waals surface area contributed by atoms with E-state index in [1.165, 1.54) is 26.3 Å². The van der Waals surface area contributed by atoms with Crippen LogP contribution in [0.5, 0.6) is 0 Å². The summed E-state index contributed by atoms with van der Waals surface area (Å²) in [6.45, 7) is 2.66. The van der Waals surface area contributed by atoms with Gasteiger partial charge in [-0.05, 0) is 6.92 Å². The van der Waals surface area contributed by atoms with Gasteiger partial charge in [-0.1, -0.05) is 16.9 Å². The third-order valence-electron chi connectivity index (χ3n) is 4.20. The summed E-state index contributed by atoms with van der Waals surface area (Å²) >= 11 is 2.13. The number of nitrogens with two attached hydrogens (primary N) is 1. The molecular weight excluding hydrogens is 438 g/mol. The highest BCUT2D eigenvalue weighted by Gasteiger charge is 2.56. The molecule has 2 aliphatic rings. The number of rotatable bonds is 6. The Kier molecular flexibility index (Phi) is 5.98. The molecule has 1 aromatic heterocycles. The highest BCUT2D eigenvalue weighted by atomic mass is 32.2. The highest BCUT2D eigenvalue weighted by molar-refractivity contribution is 8.00. The molecule has 3 heterocycles. The number of aliphatic carboxylic acids is 1. The zero-order chi connectivity index (χ0) is 22.2. The number of nitrogens with zero attached hydrogens (tertiary/aromatic N) is 3. The summed E-state index contributed by atoms with van der Waals surface area (Å²) in [6.07, 6.45) is 0. The molecule has 0 bridgehead atoms. The van der Waals surface area contributed by atoms with Gasteiger partial charge in [0.05, 0.1) is 0 Å². The number of carbonyl (C=O) groups excluding carboxylic acids is 3. The maximum absolute atomic E-state index is 12.7. The quantitative estimate of drug-likeness (QED) is 0.224. The minimum Gasteiger partial charge on any atom is -0.477 e. The fraction of sp³-hybridized carbons (Fsp3) is 0.375. The smallest absolute Gasteiger partial charge is 0.352 e. The van der Waals surface area contributed by atoms with Gasteiger partial charge in [0.1, 0.15) is 29.9 Å². The molecule has 0 spiro atoms. The van der Waals surface area contributed by atoms with Crippen LogP contribution in [-0.2, 0) is 28.8 Å². The Bertz CT molecular complexity index is 988. The van der Waals surface area contributed by atoms with Gasteiger partial charge < -0.3 is 25.7 Å². The van der Waals surface area contributed by atoms with Crippen LogP contribution in [-0.4, -0.2) is 68.4 Å². The van der Waals surface area contributed by atoms with Gasteiger partial charge >= 0.3 is 11.9 Å². The average Bonchev–Trinajstić information content (AvgIpc) is 3.10. The normalized spacial score (nSPS) is 23.4. The van der Waals surface area contributed by atoms with Gasteiger partial charge in [0.15, 0.2) is 16.3 Å². The molecule has 160 valence electrons. The van der Waals surface area contributed by atoms with Crippen LogP contribution in [0.15, 0.2) is 21.8 Å². The summed E-state index contributed by atoms with van der Waals surface area (Å²) in [5, 5.41) is 16.6. The van der Waals surface area contributed by atoms with E-state index in [9.17, 15) is 24.3 Å². The molecule has 1 aromatic rings. The summed E-state index contributed by atoms with van der Waals surface area (Å²) in [6, 6.07) is -1.07. The van der Waals surface area contributed by atoms with Crippen LogP contribution in [0, 0.1) is 0 Å². The van der Waals surface area contributed by atoms with Gasteiger partial charge in [-0.25, -0.2) is 9.78 Å². The zero-order valence-corrected chi connectivity index (χ0v) is 17.6. The van der Waals surface area contributed by atoms with Crippen molar-refractivity contribution in [2.45, 2.75) is 30.7 Å². The first-order chi connectivity index (χ1) is 14.1. The molecule has 0 aliphatic carbocycles. The second-order valence-corrected chi connectivity index (χ2v) is 8.23. The number of oxime groups is 1. The maximum Gasteiger partial charge on any atom is 0.352 e. The average molecular weight is 455 g/mol. The number of ether oxygens (including phenoxy) is 1. The molecule has 3 rings (SSSR count). The van der Waals surface area contributed by atoms with E-state index in [2.05, 4.69) is 20.3 Å². The van der Waals surface area contributed by atoms with Gasteiger partial charge in [-0.15, -0.1) is 11.3 Å². The highest BCUT2D eigenvalue weighted by Crippen LogP contribution is 2.44. The Labute approximate surface area is 178 Å². The molecule has 1 saturated heterocycles. The molecule has 1 fully saturated rings. The van der Waals surface area contributed by atoms with Crippen LogP contribution in [0.4, 0.5) is 5.13 Å². The molecule has 0 aromatic carbocycles. The van der Waals surface area contributed by atoms with E-state index >= 15 is 0 Å². The molecule has 2 unspecified atom stereocenters. The summed E-state index contributed by atoms with van der Waals surface area (Å²) in [7, 11) is 1.24. The fourth-order valence-electron chi connectivity index (χ4n) is 2.94. The lowest BCUT2D eigenvalue weighted by atomic mass is 10.0. The van der Waals surface area contributed by atoms with Gasteiger partial charge in [0, 0.05) is 17.9 Å². The maximum atomic E-state index is 12.7. The number of nitrogens with one attached hydrogen (secondary N) is 1. The lowest BCUT2D eigenvalue weighted by molar-refractivity contribution is -0.151. The summed E-state index contributed by atoms with van der Waals surface area (Å²) in [4.78, 5) is 58.1. The molecule has 0 radical (unpaired) electrons. The molecule has 4 N–H and O–H groups in total. The fourth-order valence-corrected chi connectivity index (χ4v) is 4.93. The van der Waals surface area contributed by atoms with Crippen molar-refractivity contribution in [3.8, 4) is 0 Å². The van der Waals surface area contributed by atoms with Crippen molar-refractivity contribution >= 4 is 57.7 Å². The van der Waals surface area contributed by atoms with Crippen LogP contribution < -0.4 is 11.1 Å². The van der Waals surface area contributed by atoms with Crippen molar-refractivity contribution in [3.63, 3.8) is 0 Å². The SMILES string of the molecule is CON=C(C(=O)NC1C(=O)N2C(C(=O)O)=C(C)C(OC(C)=O)S[C@H]12)c1csc(N)n1. The van der Waals surface area contributed by atoms with Gasteiger partial charge in [0.2, 0.25) is 0 Å². The number of hydrogen-bond acceptors (Lipinski definition) is 11. The van der Waals surface area contributed by atoms with Crippen LogP contribution >= 0.6 is 23.1 Å². The molecule has 2 amide bonds. The number of carbonyl (C=O) groups is 4. The largest absolute Gasteiger partial charge is 0.477 e. The van der Waals surface area contributed by atoms with Crippen LogP contribution in [0.25, 0.3) is 0 Å². The predicted molar refractivity (Wildman–Crippen MR) is 106 cm³/mol. The topological polar surface area (TPSA) is 174 Å². The second-order valence-electron chi connectivity index (χ2n) is 6.16. The Morgan fingerprint density at radius 2 is 2.10 bits per heavy atom. The van der Waals surface area contributed by atoms with Crippen LogP contribution in [0.1, 0.15) is 19.5 Å². The molecule has 0 saturated carbocycles. The summed E-state index contributed by atoms with van der Waals surface area (Å²) < 4.78 is 5.17. The van der Waals surface area contributed by atoms with E-state index < -0.39 is 40.6 Å².